The standard InChI is InChI=1S/C15H18N4O2/c1-9-6-11(14(21-3)7-16-9)15(20)19-5-4-13-12(8-19)10(2)17-18-13/h6-7H,4-5,8H2,1-3H3,(H,17,18). The second kappa shape index (κ2) is 5.20. The molecule has 0 aromatic carbocycles. The minimum Gasteiger partial charge on any atom is -0.494 e. The molecule has 6 nitrogen and oxygen atoms in total. The molecule has 21 heavy (non-hydrogen) atoms. The highest BCUT2D eigenvalue weighted by atomic mass is 16.5. The number of pyridine rings is 1. The Hall–Kier alpha value is -2.37. The Bertz CT molecular complexity index is 693. The Labute approximate surface area is 123 Å². The molecule has 1 aliphatic heterocycles. The van der Waals surface area contributed by atoms with Gasteiger partial charge in [0.25, 0.3) is 5.91 Å². The molecular weight excluding hydrogens is 268 g/mol. The van der Waals surface area contributed by atoms with Gasteiger partial charge in [-0.2, -0.15) is 5.10 Å². The zero-order valence-corrected chi connectivity index (χ0v) is 12.4. The number of aromatic nitrogens is 3. The predicted octanol–water partition coefficient (Wildman–Crippen LogP) is 1.63. The Morgan fingerprint density at radius 3 is 3.00 bits per heavy atom. The lowest BCUT2D eigenvalue weighted by atomic mass is 10.0. The summed E-state index contributed by atoms with van der Waals surface area (Å²) in [5.74, 6) is 0.490. The molecule has 1 N–H and O–H groups in total. The Morgan fingerprint density at radius 2 is 2.24 bits per heavy atom. The van der Waals surface area contributed by atoms with Crippen LogP contribution in [0.5, 0.6) is 5.75 Å². The molecule has 0 atom stereocenters. The summed E-state index contributed by atoms with van der Waals surface area (Å²) in [5.41, 5.74) is 4.58. The molecule has 3 rings (SSSR count). The fourth-order valence-electron chi connectivity index (χ4n) is 2.65. The lowest BCUT2D eigenvalue weighted by Gasteiger charge is -2.27. The zero-order valence-electron chi connectivity index (χ0n) is 12.4. The minimum absolute atomic E-state index is 0.0244. The second-order valence-corrected chi connectivity index (χ2v) is 5.28. The van der Waals surface area contributed by atoms with Crippen molar-refractivity contribution in [2.75, 3.05) is 13.7 Å². The summed E-state index contributed by atoms with van der Waals surface area (Å²) >= 11 is 0. The number of ether oxygens (including phenoxy) is 1. The molecule has 0 saturated carbocycles. The molecule has 0 saturated heterocycles. The van der Waals surface area contributed by atoms with E-state index in [0.29, 0.717) is 24.4 Å². The number of methoxy groups -OCH3 is 1. The summed E-state index contributed by atoms with van der Waals surface area (Å²) in [4.78, 5) is 18.8. The number of amides is 1. The van der Waals surface area contributed by atoms with E-state index in [1.54, 1.807) is 19.4 Å². The topological polar surface area (TPSA) is 71.1 Å². The van der Waals surface area contributed by atoms with Crippen molar-refractivity contribution in [3.8, 4) is 5.75 Å². The number of carbonyl (C=O) groups is 1. The fourth-order valence-corrected chi connectivity index (χ4v) is 2.65. The molecule has 2 aromatic rings. The van der Waals surface area contributed by atoms with E-state index >= 15 is 0 Å². The molecule has 0 spiro atoms. The van der Waals surface area contributed by atoms with Crippen molar-refractivity contribution in [3.05, 3.63) is 40.5 Å². The van der Waals surface area contributed by atoms with Crippen LogP contribution in [0.3, 0.4) is 0 Å². The van der Waals surface area contributed by atoms with Crippen molar-refractivity contribution in [1.82, 2.24) is 20.1 Å². The van der Waals surface area contributed by atoms with E-state index < -0.39 is 0 Å². The molecule has 0 radical (unpaired) electrons. The van der Waals surface area contributed by atoms with Crippen LogP contribution in [0, 0.1) is 13.8 Å². The number of aromatic amines is 1. The Morgan fingerprint density at radius 1 is 1.43 bits per heavy atom. The summed E-state index contributed by atoms with van der Waals surface area (Å²) in [5, 5.41) is 7.26. The normalized spacial score (nSPS) is 14.0. The van der Waals surface area contributed by atoms with Gasteiger partial charge >= 0.3 is 0 Å². The lowest BCUT2D eigenvalue weighted by Crippen LogP contribution is -2.36. The number of hydrogen-bond acceptors (Lipinski definition) is 4. The van der Waals surface area contributed by atoms with Crippen LogP contribution in [0.2, 0.25) is 0 Å². The van der Waals surface area contributed by atoms with E-state index in [1.165, 1.54) is 0 Å². The number of hydrogen-bond donors (Lipinski definition) is 1. The molecule has 110 valence electrons. The van der Waals surface area contributed by atoms with Crippen molar-refractivity contribution >= 4 is 5.91 Å². The summed E-state index contributed by atoms with van der Waals surface area (Å²) in [6, 6.07) is 1.78. The molecule has 3 heterocycles. The van der Waals surface area contributed by atoms with E-state index in [1.807, 2.05) is 18.7 Å². The maximum Gasteiger partial charge on any atom is 0.258 e. The maximum atomic E-state index is 12.8. The molecule has 0 aliphatic carbocycles. The minimum atomic E-state index is -0.0244. The van der Waals surface area contributed by atoms with Gasteiger partial charge in [0.1, 0.15) is 5.75 Å². The van der Waals surface area contributed by atoms with Crippen LogP contribution in [0.25, 0.3) is 0 Å². The third-order valence-corrected chi connectivity index (χ3v) is 3.87. The number of aryl methyl sites for hydroxylation is 2. The average molecular weight is 286 g/mol. The summed E-state index contributed by atoms with van der Waals surface area (Å²) in [6.07, 6.45) is 2.37. The molecule has 6 heteroatoms. The highest BCUT2D eigenvalue weighted by Crippen LogP contribution is 2.24. The van der Waals surface area contributed by atoms with Crippen LogP contribution in [-0.4, -0.2) is 39.6 Å². The van der Waals surface area contributed by atoms with Gasteiger partial charge in [-0.1, -0.05) is 0 Å². The SMILES string of the molecule is COc1cnc(C)cc1C(=O)N1CCc2n[nH]c(C)c2C1. The van der Waals surface area contributed by atoms with E-state index in [2.05, 4.69) is 15.2 Å². The van der Waals surface area contributed by atoms with Gasteiger partial charge in [-0.15, -0.1) is 0 Å². The smallest absolute Gasteiger partial charge is 0.258 e. The van der Waals surface area contributed by atoms with E-state index in [4.69, 9.17) is 4.74 Å². The van der Waals surface area contributed by atoms with Gasteiger partial charge in [-0.3, -0.25) is 14.9 Å². The first-order chi connectivity index (χ1) is 10.1. The Kier molecular flexibility index (Phi) is 3.37. The van der Waals surface area contributed by atoms with Crippen molar-refractivity contribution in [3.63, 3.8) is 0 Å². The van der Waals surface area contributed by atoms with Gasteiger partial charge in [0.15, 0.2) is 0 Å². The fraction of sp³-hybridized carbons (Fsp3) is 0.400. The van der Waals surface area contributed by atoms with Gasteiger partial charge in [0, 0.05) is 36.5 Å². The maximum absolute atomic E-state index is 12.8. The molecule has 0 unspecified atom stereocenters. The lowest BCUT2D eigenvalue weighted by molar-refractivity contribution is 0.0730. The number of rotatable bonds is 2. The molecule has 0 fully saturated rings. The first-order valence-electron chi connectivity index (χ1n) is 6.92. The largest absolute Gasteiger partial charge is 0.494 e. The molecule has 1 aliphatic rings. The first kappa shape index (κ1) is 13.6. The summed E-state index contributed by atoms with van der Waals surface area (Å²) in [6.45, 7) is 5.10. The van der Waals surface area contributed by atoms with Crippen molar-refractivity contribution in [1.29, 1.82) is 0 Å². The third kappa shape index (κ3) is 2.37. The number of carbonyl (C=O) groups excluding carboxylic acids is 1. The molecule has 0 bridgehead atoms. The van der Waals surface area contributed by atoms with Gasteiger partial charge in [-0.25, -0.2) is 0 Å². The van der Waals surface area contributed by atoms with Crippen LogP contribution in [0.15, 0.2) is 12.3 Å². The van der Waals surface area contributed by atoms with Crippen molar-refractivity contribution < 1.29 is 9.53 Å². The summed E-state index contributed by atoms with van der Waals surface area (Å²) < 4.78 is 5.26. The van der Waals surface area contributed by atoms with Gasteiger partial charge in [0.2, 0.25) is 0 Å². The molecule has 1 amide bonds. The van der Waals surface area contributed by atoms with E-state index in [-0.39, 0.29) is 5.91 Å². The monoisotopic (exact) mass is 286 g/mol. The van der Waals surface area contributed by atoms with Crippen LogP contribution in [0.4, 0.5) is 0 Å². The van der Waals surface area contributed by atoms with Gasteiger partial charge in [-0.05, 0) is 19.9 Å². The molecular formula is C15H18N4O2. The van der Waals surface area contributed by atoms with Gasteiger partial charge in [0.05, 0.1) is 24.6 Å². The number of nitrogens with one attached hydrogen (secondary N) is 1. The van der Waals surface area contributed by atoms with E-state index in [9.17, 15) is 4.79 Å². The highest BCUT2D eigenvalue weighted by Gasteiger charge is 2.26. The second-order valence-electron chi connectivity index (χ2n) is 5.28. The van der Waals surface area contributed by atoms with Crippen LogP contribution < -0.4 is 4.74 Å². The number of nitrogens with zero attached hydrogens (tertiary/aromatic N) is 3. The quantitative estimate of drug-likeness (QED) is 0.911. The third-order valence-electron chi connectivity index (χ3n) is 3.87. The van der Waals surface area contributed by atoms with Crippen LogP contribution in [0.1, 0.15) is 33.0 Å². The van der Waals surface area contributed by atoms with Crippen molar-refractivity contribution in [2.45, 2.75) is 26.8 Å². The zero-order chi connectivity index (χ0) is 15.0. The van der Waals surface area contributed by atoms with Gasteiger partial charge < -0.3 is 9.64 Å². The number of H-pyrrole nitrogens is 1. The van der Waals surface area contributed by atoms with Crippen molar-refractivity contribution in [2.24, 2.45) is 0 Å². The highest BCUT2D eigenvalue weighted by molar-refractivity contribution is 5.97. The Balaban J connectivity index is 1.90. The number of fused-ring (bicyclic) bond motifs is 1. The van der Waals surface area contributed by atoms with Crippen LogP contribution >= 0.6 is 0 Å². The predicted molar refractivity (Wildman–Crippen MR) is 77.3 cm³/mol. The first-order valence-corrected chi connectivity index (χ1v) is 6.92. The molecule has 2 aromatic heterocycles. The van der Waals surface area contributed by atoms with E-state index in [0.717, 1.165) is 29.1 Å². The average Bonchev–Trinajstić information content (AvgIpc) is 2.87. The summed E-state index contributed by atoms with van der Waals surface area (Å²) in [7, 11) is 1.55. The van der Waals surface area contributed by atoms with Crippen LogP contribution in [-0.2, 0) is 13.0 Å².